The highest BCUT2D eigenvalue weighted by Crippen LogP contribution is 2.51. The molecule has 1 aromatic heterocycles. The molecule has 5 rings (SSSR count). The van der Waals surface area contributed by atoms with E-state index in [-0.39, 0.29) is 0 Å². The summed E-state index contributed by atoms with van der Waals surface area (Å²) >= 11 is 0. The van der Waals surface area contributed by atoms with Gasteiger partial charge in [-0.3, -0.25) is 0 Å². The average Bonchev–Trinajstić information content (AvgIpc) is 2.88. The highest BCUT2D eigenvalue weighted by atomic mass is 15.2. The maximum Gasteiger partial charge on any atom is 0.222 e. The zero-order valence-corrected chi connectivity index (χ0v) is 12.6. The number of nitrogen functional groups attached to an aromatic ring is 1. The average molecular weight is 284 g/mol. The zero-order chi connectivity index (χ0) is 14.0. The van der Waals surface area contributed by atoms with E-state index >= 15 is 0 Å². The van der Waals surface area contributed by atoms with Gasteiger partial charge in [-0.1, -0.05) is 12.8 Å². The predicted molar refractivity (Wildman–Crippen MR) is 83.3 cm³/mol. The first-order chi connectivity index (χ1) is 10.3. The van der Waals surface area contributed by atoms with E-state index in [1.807, 2.05) is 0 Å². The van der Waals surface area contributed by atoms with E-state index in [0.717, 1.165) is 18.3 Å². The Kier molecular flexibility index (Phi) is 2.40. The summed E-state index contributed by atoms with van der Waals surface area (Å²) in [6.45, 7) is 2.39. The number of rotatable bonds is 1. The van der Waals surface area contributed by atoms with E-state index in [4.69, 9.17) is 10.7 Å². The van der Waals surface area contributed by atoms with Crippen LogP contribution in [0.2, 0.25) is 0 Å². The van der Waals surface area contributed by atoms with Crippen molar-refractivity contribution in [2.75, 3.05) is 23.7 Å². The van der Waals surface area contributed by atoms with Gasteiger partial charge in [0.25, 0.3) is 0 Å². The van der Waals surface area contributed by atoms with Crippen molar-refractivity contribution in [2.24, 2.45) is 11.8 Å². The fourth-order valence-electron chi connectivity index (χ4n) is 5.25. The Hall–Kier alpha value is -1.32. The van der Waals surface area contributed by atoms with E-state index in [0.29, 0.717) is 11.4 Å². The first-order valence-corrected chi connectivity index (χ1v) is 8.67. The molecule has 4 aliphatic rings. The minimum atomic E-state index is 0.335. The van der Waals surface area contributed by atoms with Gasteiger partial charge in [-0.25, -0.2) is 4.98 Å². The lowest BCUT2D eigenvalue weighted by Gasteiger charge is -2.36. The van der Waals surface area contributed by atoms with Crippen LogP contribution in [0.1, 0.15) is 56.2 Å². The largest absolute Gasteiger partial charge is 0.368 e. The number of piperidine rings is 1. The van der Waals surface area contributed by atoms with Crippen molar-refractivity contribution in [2.45, 2.75) is 56.8 Å². The van der Waals surface area contributed by atoms with Crippen LogP contribution in [0.5, 0.6) is 0 Å². The molecular formula is C17H24N4. The Morgan fingerprint density at radius 2 is 1.71 bits per heavy atom. The molecule has 3 fully saturated rings. The van der Waals surface area contributed by atoms with Gasteiger partial charge in [-0.2, -0.15) is 4.98 Å². The van der Waals surface area contributed by atoms with E-state index in [1.54, 1.807) is 0 Å². The summed E-state index contributed by atoms with van der Waals surface area (Å²) in [5.74, 6) is 3.55. The topological polar surface area (TPSA) is 55.0 Å². The number of hydrogen-bond acceptors (Lipinski definition) is 4. The third-order valence-corrected chi connectivity index (χ3v) is 6.43. The van der Waals surface area contributed by atoms with Gasteiger partial charge in [-0.15, -0.1) is 0 Å². The summed E-state index contributed by atoms with van der Waals surface area (Å²) in [7, 11) is 0. The minimum Gasteiger partial charge on any atom is -0.368 e. The van der Waals surface area contributed by atoms with Gasteiger partial charge in [0.15, 0.2) is 0 Å². The maximum absolute atomic E-state index is 6.10. The number of hydrogen-bond donors (Lipinski definition) is 1. The molecule has 1 spiro atoms. The van der Waals surface area contributed by atoms with Crippen LogP contribution in [0.4, 0.5) is 11.8 Å². The third kappa shape index (κ3) is 1.74. The van der Waals surface area contributed by atoms with Crippen LogP contribution < -0.4 is 10.6 Å². The molecule has 3 aliphatic carbocycles. The zero-order valence-electron chi connectivity index (χ0n) is 12.6. The lowest BCUT2D eigenvalue weighted by atomic mass is 9.71. The molecule has 1 aliphatic heterocycles. The van der Waals surface area contributed by atoms with Crippen LogP contribution in [-0.2, 0) is 11.8 Å². The summed E-state index contributed by atoms with van der Waals surface area (Å²) in [6, 6.07) is 0. The van der Waals surface area contributed by atoms with E-state index in [2.05, 4.69) is 9.88 Å². The fraction of sp³-hybridized carbons (Fsp3) is 0.765. The van der Waals surface area contributed by atoms with Gasteiger partial charge >= 0.3 is 0 Å². The van der Waals surface area contributed by atoms with Crippen LogP contribution in [0.3, 0.4) is 0 Å². The van der Waals surface area contributed by atoms with Crippen molar-refractivity contribution in [1.82, 2.24) is 9.97 Å². The molecule has 112 valence electrons. The lowest BCUT2D eigenvalue weighted by Crippen LogP contribution is -2.33. The van der Waals surface area contributed by atoms with Crippen molar-refractivity contribution in [1.29, 1.82) is 0 Å². The second kappa shape index (κ2) is 4.11. The van der Waals surface area contributed by atoms with Crippen molar-refractivity contribution in [3.05, 3.63) is 11.3 Å². The van der Waals surface area contributed by atoms with Gasteiger partial charge in [0.05, 0.1) is 5.69 Å². The van der Waals surface area contributed by atoms with E-state index < -0.39 is 0 Å². The van der Waals surface area contributed by atoms with Crippen molar-refractivity contribution >= 4 is 11.8 Å². The van der Waals surface area contributed by atoms with Crippen LogP contribution in [0.25, 0.3) is 0 Å². The van der Waals surface area contributed by atoms with Crippen molar-refractivity contribution in [3.8, 4) is 0 Å². The second-order valence-corrected chi connectivity index (χ2v) is 7.73. The Labute approximate surface area is 126 Å². The quantitative estimate of drug-likeness (QED) is 0.861. The molecule has 2 N–H and O–H groups in total. The lowest BCUT2D eigenvalue weighted by molar-refractivity contribution is 0.357. The number of aromatic nitrogens is 2. The maximum atomic E-state index is 6.10. The molecule has 0 bridgehead atoms. The SMILES string of the molecule is Nc1nc(N2CC3CC3C2)c2c(n1)C1(CCCC1)CCC2. The van der Waals surface area contributed by atoms with Crippen LogP contribution in [0.15, 0.2) is 0 Å². The van der Waals surface area contributed by atoms with Crippen LogP contribution >= 0.6 is 0 Å². The predicted octanol–water partition coefficient (Wildman–Crippen LogP) is 2.66. The molecule has 1 saturated heterocycles. The number of fused-ring (bicyclic) bond motifs is 3. The smallest absolute Gasteiger partial charge is 0.222 e. The van der Waals surface area contributed by atoms with Gasteiger partial charge in [0, 0.05) is 24.1 Å². The number of nitrogens with two attached hydrogens (primary N) is 1. The second-order valence-electron chi connectivity index (χ2n) is 7.73. The Morgan fingerprint density at radius 1 is 1.00 bits per heavy atom. The molecule has 4 heteroatoms. The normalized spacial score (nSPS) is 32.3. The molecule has 21 heavy (non-hydrogen) atoms. The van der Waals surface area contributed by atoms with Gasteiger partial charge in [-0.05, 0) is 50.4 Å². The van der Waals surface area contributed by atoms with Crippen LogP contribution in [-0.4, -0.2) is 23.1 Å². The van der Waals surface area contributed by atoms with Gasteiger partial charge in [0.2, 0.25) is 5.95 Å². The molecule has 0 aromatic carbocycles. The molecule has 1 aromatic rings. The number of anilines is 2. The van der Waals surface area contributed by atoms with Crippen molar-refractivity contribution in [3.63, 3.8) is 0 Å². The van der Waals surface area contributed by atoms with Crippen LogP contribution in [0, 0.1) is 11.8 Å². The summed E-state index contributed by atoms with van der Waals surface area (Å²) in [4.78, 5) is 11.9. The minimum absolute atomic E-state index is 0.335. The molecule has 2 atom stereocenters. The summed E-state index contributed by atoms with van der Waals surface area (Å²) in [6.07, 6.45) is 10.5. The summed E-state index contributed by atoms with van der Waals surface area (Å²) < 4.78 is 0. The molecule has 4 nitrogen and oxygen atoms in total. The third-order valence-electron chi connectivity index (χ3n) is 6.43. The molecule has 0 amide bonds. The van der Waals surface area contributed by atoms with Gasteiger partial charge in [0.1, 0.15) is 5.82 Å². The molecule has 0 radical (unpaired) electrons. The molecule has 2 unspecified atom stereocenters. The molecular weight excluding hydrogens is 260 g/mol. The monoisotopic (exact) mass is 284 g/mol. The highest BCUT2D eigenvalue weighted by molar-refractivity contribution is 5.56. The number of nitrogens with zero attached hydrogens (tertiary/aromatic N) is 3. The van der Waals surface area contributed by atoms with E-state index in [1.165, 1.54) is 75.1 Å². The molecule has 2 saturated carbocycles. The Balaban J connectivity index is 1.61. The highest BCUT2D eigenvalue weighted by Gasteiger charge is 2.47. The fourth-order valence-corrected chi connectivity index (χ4v) is 5.25. The summed E-state index contributed by atoms with van der Waals surface area (Å²) in [5, 5.41) is 0. The summed E-state index contributed by atoms with van der Waals surface area (Å²) in [5.41, 5.74) is 9.20. The standard InChI is InChI=1S/C17H24N4/c18-16-19-14-13(4-3-7-17(14)5-1-2-6-17)15(20-16)21-9-11-8-12(11)10-21/h11-12H,1-10H2,(H2,18,19,20). The first-order valence-electron chi connectivity index (χ1n) is 8.67. The van der Waals surface area contributed by atoms with Gasteiger partial charge < -0.3 is 10.6 Å². The van der Waals surface area contributed by atoms with E-state index in [9.17, 15) is 0 Å². The first kappa shape index (κ1) is 12.2. The Morgan fingerprint density at radius 3 is 2.48 bits per heavy atom. The Bertz CT molecular complexity index is 581. The van der Waals surface area contributed by atoms with Crippen molar-refractivity contribution < 1.29 is 0 Å². The molecule has 2 heterocycles.